The first-order valence-electron chi connectivity index (χ1n) is 16.3. The minimum atomic E-state index is -1.02. The molecule has 0 bridgehead atoms. The Kier molecular flexibility index (Phi) is 10.4. The lowest BCUT2D eigenvalue weighted by Gasteiger charge is -2.40. The van der Waals surface area contributed by atoms with Crippen molar-refractivity contribution in [2.75, 3.05) is 43.2 Å². The molecule has 2 fully saturated rings. The number of amides is 4. The number of nitrogens with zero attached hydrogens (tertiary/aromatic N) is 3. The number of methoxy groups -OCH3 is 1. The topological polar surface area (TPSA) is 118 Å². The molecule has 11 nitrogen and oxygen atoms in total. The predicted octanol–water partition coefficient (Wildman–Crippen LogP) is 4.76. The van der Waals surface area contributed by atoms with Crippen LogP contribution in [0.25, 0.3) is 0 Å². The van der Waals surface area contributed by atoms with E-state index >= 15 is 0 Å². The van der Waals surface area contributed by atoms with Gasteiger partial charge in [0, 0.05) is 51.1 Å². The predicted molar refractivity (Wildman–Crippen MR) is 172 cm³/mol. The lowest BCUT2D eigenvalue weighted by Crippen LogP contribution is -2.54. The first kappa shape index (κ1) is 34.5. The van der Waals surface area contributed by atoms with Gasteiger partial charge >= 0.3 is 6.09 Å². The Balaban J connectivity index is 1.64. The first-order valence-corrected chi connectivity index (χ1v) is 16.3. The van der Waals surface area contributed by atoms with E-state index in [1.165, 1.54) is 4.90 Å². The Morgan fingerprint density at radius 1 is 1.11 bits per heavy atom. The number of likely N-dealkylation sites (tertiary alicyclic amines) is 1. The van der Waals surface area contributed by atoms with E-state index in [-0.39, 0.29) is 48.8 Å². The number of hydrogen-bond donors (Lipinski definition) is 1. The van der Waals surface area contributed by atoms with Gasteiger partial charge in [-0.3, -0.25) is 14.4 Å². The molecule has 1 saturated heterocycles. The Hall–Kier alpha value is -3.34. The molecule has 4 rings (SSSR count). The van der Waals surface area contributed by atoms with Crippen LogP contribution < -0.4 is 19.9 Å². The van der Waals surface area contributed by atoms with Crippen molar-refractivity contribution < 1.29 is 33.4 Å². The molecule has 250 valence electrons. The molecule has 1 aromatic carbocycles. The molecule has 4 amide bonds. The maximum atomic E-state index is 14.4. The first-order chi connectivity index (χ1) is 21.0. The Morgan fingerprint density at radius 2 is 1.78 bits per heavy atom. The molecule has 1 aromatic rings. The molecule has 45 heavy (non-hydrogen) atoms. The summed E-state index contributed by atoms with van der Waals surface area (Å²) in [5.41, 5.74) is -0.461. The third-order valence-electron chi connectivity index (χ3n) is 8.71. The van der Waals surface area contributed by atoms with E-state index in [4.69, 9.17) is 14.2 Å². The van der Waals surface area contributed by atoms with Gasteiger partial charge < -0.3 is 34.2 Å². The Bertz CT molecular complexity index is 1270. The number of piperidine rings is 1. The monoisotopic (exact) mass is 628 g/mol. The molecule has 11 heteroatoms. The van der Waals surface area contributed by atoms with Crippen molar-refractivity contribution in [1.29, 1.82) is 0 Å². The molecule has 2 heterocycles. The minimum absolute atomic E-state index is 0.000661. The van der Waals surface area contributed by atoms with Crippen LogP contribution in [0, 0.1) is 17.8 Å². The number of fused-ring (bicyclic) bond motifs is 1. The molecule has 1 saturated carbocycles. The van der Waals surface area contributed by atoms with Gasteiger partial charge in [-0.15, -0.1) is 0 Å². The number of hydrogen-bond acceptors (Lipinski definition) is 7. The van der Waals surface area contributed by atoms with Crippen LogP contribution in [0.1, 0.15) is 81.1 Å². The highest BCUT2D eigenvalue weighted by Gasteiger charge is 2.45. The van der Waals surface area contributed by atoms with Crippen molar-refractivity contribution in [2.45, 2.75) is 104 Å². The maximum Gasteiger partial charge on any atom is 0.410 e. The van der Waals surface area contributed by atoms with Gasteiger partial charge in [-0.2, -0.15) is 0 Å². The SMILES string of the molecule is COCCCN1C(=O)C(C)(C)Oc2ccc(N(C(=O)[C@@H]3C[C@H](C(=O)N[C@H](C)C(C)C)CN(C(=O)OC(C)(C)C)C3)C3CC3)cc21. The molecular weight excluding hydrogens is 576 g/mol. The molecule has 2 aliphatic heterocycles. The van der Waals surface area contributed by atoms with Gasteiger partial charge in [0.2, 0.25) is 11.8 Å². The quantitative estimate of drug-likeness (QED) is 0.372. The molecule has 0 spiro atoms. The molecule has 3 aliphatic rings. The van der Waals surface area contributed by atoms with Crippen molar-refractivity contribution in [2.24, 2.45) is 17.8 Å². The van der Waals surface area contributed by atoms with Gasteiger partial charge in [0.25, 0.3) is 5.91 Å². The van der Waals surface area contributed by atoms with Crippen LogP contribution >= 0.6 is 0 Å². The molecule has 3 atom stereocenters. The van der Waals surface area contributed by atoms with E-state index in [1.54, 1.807) is 51.5 Å². The van der Waals surface area contributed by atoms with Gasteiger partial charge in [-0.05, 0) is 91.3 Å². The van der Waals surface area contributed by atoms with Crippen LogP contribution in [-0.2, 0) is 23.9 Å². The van der Waals surface area contributed by atoms with Gasteiger partial charge in [-0.1, -0.05) is 13.8 Å². The number of carbonyl (C=O) groups is 4. The average molecular weight is 629 g/mol. The van der Waals surface area contributed by atoms with Crippen LogP contribution in [0.4, 0.5) is 16.2 Å². The zero-order valence-corrected chi connectivity index (χ0v) is 28.5. The standard InChI is InChI=1S/C34H52N4O7/c1-21(2)22(3)35-29(39)23-17-24(20-36(19-23)32(42)45-33(4,5)6)30(40)38(25-11-12-25)26-13-14-28-27(18-26)37(15-10-16-43-9)31(41)34(7,8)44-28/h13-14,18,21-25H,10-12,15-17,19-20H2,1-9H3,(H,35,39)/t22-,23+,24-/m1/s1. The highest BCUT2D eigenvalue weighted by Crippen LogP contribution is 2.43. The van der Waals surface area contributed by atoms with E-state index in [2.05, 4.69) is 5.32 Å². The second kappa shape index (κ2) is 13.6. The maximum absolute atomic E-state index is 14.4. The summed E-state index contributed by atoms with van der Waals surface area (Å²) in [6.45, 7) is 16.2. The third kappa shape index (κ3) is 8.28. The molecule has 1 N–H and O–H groups in total. The van der Waals surface area contributed by atoms with Gasteiger partial charge in [0.15, 0.2) is 5.60 Å². The summed E-state index contributed by atoms with van der Waals surface area (Å²) in [5.74, 6) is -0.820. The third-order valence-corrected chi connectivity index (χ3v) is 8.71. The van der Waals surface area contributed by atoms with Crippen LogP contribution in [0.15, 0.2) is 18.2 Å². The summed E-state index contributed by atoms with van der Waals surface area (Å²) in [6, 6.07) is 5.48. The highest BCUT2D eigenvalue weighted by atomic mass is 16.6. The largest absolute Gasteiger partial charge is 0.476 e. The van der Waals surface area contributed by atoms with Crippen molar-refractivity contribution in [3.63, 3.8) is 0 Å². The number of ether oxygens (including phenoxy) is 3. The van der Waals surface area contributed by atoms with Gasteiger partial charge in [0.05, 0.1) is 17.5 Å². The van der Waals surface area contributed by atoms with Crippen LogP contribution in [-0.4, -0.2) is 85.4 Å². The summed E-state index contributed by atoms with van der Waals surface area (Å²) in [5, 5.41) is 3.08. The molecule has 1 aliphatic carbocycles. The number of rotatable bonds is 10. The second-order valence-corrected chi connectivity index (χ2v) is 14.6. The number of nitrogens with one attached hydrogen (secondary N) is 1. The van der Waals surface area contributed by atoms with E-state index in [1.807, 2.05) is 39.0 Å². The van der Waals surface area contributed by atoms with Crippen LogP contribution in [0.3, 0.4) is 0 Å². The zero-order valence-electron chi connectivity index (χ0n) is 28.5. The van der Waals surface area contributed by atoms with E-state index in [0.717, 1.165) is 12.8 Å². The van der Waals surface area contributed by atoms with Crippen molar-refractivity contribution in [3.05, 3.63) is 18.2 Å². The van der Waals surface area contributed by atoms with Crippen molar-refractivity contribution >= 4 is 35.2 Å². The normalized spacial score (nSPS) is 22.0. The Labute approximate surface area is 267 Å². The van der Waals surface area contributed by atoms with E-state index in [0.29, 0.717) is 43.1 Å². The minimum Gasteiger partial charge on any atom is -0.476 e. The summed E-state index contributed by atoms with van der Waals surface area (Å²) in [6.07, 6.45) is 2.13. The number of benzene rings is 1. The number of anilines is 2. The summed E-state index contributed by atoms with van der Waals surface area (Å²) in [4.78, 5) is 59.6. The number of carbonyl (C=O) groups excluding carboxylic acids is 4. The Morgan fingerprint density at radius 3 is 2.38 bits per heavy atom. The highest BCUT2D eigenvalue weighted by molar-refractivity contribution is 6.04. The summed E-state index contributed by atoms with van der Waals surface area (Å²) < 4.78 is 17.0. The van der Waals surface area contributed by atoms with E-state index < -0.39 is 29.1 Å². The van der Waals surface area contributed by atoms with Crippen LogP contribution in [0.5, 0.6) is 5.75 Å². The lowest BCUT2D eigenvalue weighted by atomic mass is 9.87. The fourth-order valence-corrected chi connectivity index (χ4v) is 5.79. The summed E-state index contributed by atoms with van der Waals surface area (Å²) >= 11 is 0. The summed E-state index contributed by atoms with van der Waals surface area (Å²) in [7, 11) is 1.63. The molecule has 0 aromatic heterocycles. The molecule has 0 radical (unpaired) electrons. The lowest BCUT2D eigenvalue weighted by molar-refractivity contribution is -0.133. The average Bonchev–Trinajstić information content (AvgIpc) is 3.79. The smallest absolute Gasteiger partial charge is 0.410 e. The van der Waals surface area contributed by atoms with Gasteiger partial charge in [-0.25, -0.2) is 4.79 Å². The molecular formula is C34H52N4O7. The zero-order chi connectivity index (χ0) is 33.3. The molecule has 0 unspecified atom stereocenters. The fraction of sp³-hybridized carbons (Fsp3) is 0.706. The van der Waals surface area contributed by atoms with Crippen molar-refractivity contribution in [1.82, 2.24) is 10.2 Å². The van der Waals surface area contributed by atoms with Crippen molar-refractivity contribution in [3.8, 4) is 5.75 Å². The van der Waals surface area contributed by atoms with Gasteiger partial charge in [0.1, 0.15) is 11.4 Å². The fourth-order valence-electron chi connectivity index (χ4n) is 5.79. The van der Waals surface area contributed by atoms with E-state index in [9.17, 15) is 19.2 Å². The second-order valence-electron chi connectivity index (χ2n) is 14.6. The van der Waals surface area contributed by atoms with Crippen LogP contribution in [0.2, 0.25) is 0 Å².